The Bertz CT molecular complexity index is 416. The maximum Gasteiger partial charge on any atom is 0.0398 e. The van der Waals surface area contributed by atoms with Gasteiger partial charge in [-0.1, -0.05) is 38.5 Å². The van der Waals surface area contributed by atoms with E-state index in [2.05, 4.69) is 55.3 Å². The van der Waals surface area contributed by atoms with Crippen LogP contribution in [0.2, 0.25) is 0 Å². The number of hydrogen-bond acceptors (Lipinski definition) is 2. The summed E-state index contributed by atoms with van der Waals surface area (Å²) in [5.74, 6) is 0.782. The van der Waals surface area contributed by atoms with Gasteiger partial charge in [-0.25, -0.2) is 0 Å². The lowest BCUT2D eigenvalue weighted by Gasteiger charge is -2.35. The Labute approximate surface area is 130 Å². The summed E-state index contributed by atoms with van der Waals surface area (Å²) in [6.07, 6.45) is 6.40. The van der Waals surface area contributed by atoms with Crippen LogP contribution in [-0.4, -0.2) is 25.7 Å². The van der Waals surface area contributed by atoms with Gasteiger partial charge in [-0.3, -0.25) is 0 Å². The van der Waals surface area contributed by atoms with Crippen molar-refractivity contribution in [1.82, 2.24) is 5.32 Å². The van der Waals surface area contributed by atoms with E-state index in [0.717, 1.165) is 12.5 Å². The zero-order valence-corrected chi connectivity index (χ0v) is 14.1. The van der Waals surface area contributed by atoms with Crippen molar-refractivity contribution in [3.05, 3.63) is 29.8 Å². The molecule has 2 heteroatoms. The molecule has 1 aromatic carbocycles. The molecule has 1 heterocycles. The molecule has 1 aliphatic rings. The Kier molecular flexibility index (Phi) is 6.56. The van der Waals surface area contributed by atoms with Crippen molar-refractivity contribution >= 4 is 5.69 Å². The van der Waals surface area contributed by atoms with Crippen LogP contribution in [0.1, 0.15) is 52.0 Å². The van der Waals surface area contributed by atoms with Gasteiger partial charge in [-0.15, -0.1) is 0 Å². The maximum atomic E-state index is 3.58. The molecule has 118 valence electrons. The molecule has 0 saturated heterocycles. The largest absolute Gasteiger partial charge is 0.371 e. The van der Waals surface area contributed by atoms with E-state index >= 15 is 0 Å². The Morgan fingerprint density at radius 2 is 2.10 bits per heavy atom. The summed E-state index contributed by atoms with van der Waals surface area (Å²) in [6.45, 7) is 10.5. The molecule has 0 spiro atoms. The van der Waals surface area contributed by atoms with Gasteiger partial charge in [0.2, 0.25) is 0 Å². The molecule has 0 aromatic heterocycles. The smallest absolute Gasteiger partial charge is 0.0398 e. The molecular weight excluding hydrogens is 256 g/mol. The highest BCUT2D eigenvalue weighted by molar-refractivity contribution is 5.55. The van der Waals surface area contributed by atoms with Crippen LogP contribution in [-0.2, 0) is 6.42 Å². The molecule has 2 nitrogen and oxygen atoms in total. The van der Waals surface area contributed by atoms with Crippen LogP contribution in [0.5, 0.6) is 0 Å². The van der Waals surface area contributed by atoms with Gasteiger partial charge in [0.25, 0.3) is 0 Å². The van der Waals surface area contributed by atoms with E-state index in [9.17, 15) is 0 Å². The molecule has 1 aromatic rings. The molecule has 0 bridgehead atoms. The highest BCUT2D eigenvalue weighted by atomic mass is 15.1. The quantitative estimate of drug-likeness (QED) is 0.720. The van der Waals surface area contributed by atoms with E-state index in [4.69, 9.17) is 0 Å². The fraction of sp³-hybridized carbons (Fsp3) is 0.684. The third kappa shape index (κ3) is 5.03. The van der Waals surface area contributed by atoms with Crippen LogP contribution in [0.25, 0.3) is 0 Å². The van der Waals surface area contributed by atoms with Gasteiger partial charge < -0.3 is 10.2 Å². The van der Waals surface area contributed by atoms with Crippen LogP contribution in [0, 0.1) is 5.92 Å². The van der Waals surface area contributed by atoms with Crippen LogP contribution in [0.15, 0.2) is 24.3 Å². The molecular formula is C19H32N2. The van der Waals surface area contributed by atoms with Crippen LogP contribution in [0.3, 0.4) is 0 Å². The topological polar surface area (TPSA) is 15.3 Å². The molecule has 0 saturated carbocycles. The van der Waals surface area contributed by atoms with Crippen molar-refractivity contribution in [2.45, 2.75) is 58.9 Å². The zero-order chi connectivity index (χ0) is 15.1. The second-order valence-electron chi connectivity index (χ2n) is 6.73. The number of nitrogens with one attached hydrogen (secondary N) is 1. The SMILES string of the molecule is CCCNC(C)CCCCN1CC(C)Cc2ccccc21. The van der Waals surface area contributed by atoms with E-state index in [1.165, 1.54) is 56.4 Å². The van der Waals surface area contributed by atoms with Crippen molar-refractivity contribution in [1.29, 1.82) is 0 Å². The molecule has 2 atom stereocenters. The van der Waals surface area contributed by atoms with Crippen LogP contribution >= 0.6 is 0 Å². The molecule has 2 unspecified atom stereocenters. The summed E-state index contributed by atoms with van der Waals surface area (Å²) < 4.78 is 0. The average molecular weight is 288 g/mol. The summed E-state index contributed by atoms with van der Waals surface area (Å²) in [5.41, 5.74) is 3.02. The normalized spacial score (nSPS) is 19.4. The van der Waals surface area contributed by atoms with E-state index in [1.807, 2.05) is 0 Å². The molecule has 0 radical (unpaired) electrons. The zero-order valence-electron chi connectivity index (χ0n) is 14.1. The van der Waals surface area contributed by atoms with Crippen LogP contribution in [0.4, 0.5) is 5.69 Å². The summed E-state index contributed by atoms with van der Waals surface area (Å²) in [5, 5.41) is 3.58. The summed E-state index contributed by atoms with van der Waals surface area (Å²) in [6, 6.07) is 9.62. The second kappa shape index (κ2) is 8.43. The molecule has 1 N–H and O–H groups in total. The van der Waals surface area contributed by atoms with E-state index in [0.29, 0.717) is 6.04 Å². The first-order valence-corrected chi connectivity index (χ1v) is 8.77. The minimum absolute atomic E-state index is 0.664. The van der Waals surface area contributed by atoms with Crippen LogP contribution < -0.4 is 10.2 Å². The first-order chi connectivity index (χ1) is 10.2. The van der Waals surface area contributed by atoms with Gasteiger partial charge in [0.1, 0.15) is 0 Å². The van der Waals surface area contributed by atoms with Crippen molar-refractivity contribution in [3.63, 3.8) is 0 Å². The minimum Gasteiger partial charge on any atom is -0.371 e. The van der Waals surface area contributed by atoms with Crippen molar-refractivity contribution < 1.29 is 0 Å². The summed E-state index contributed by atoms with van der Waals surface area (Å²) in [7, 11) is 0. The van der Waals surface area contributed by atoms with Gasteiger partial charge in [-0.05, 0) is 56.7 Å². The predicted octanol–water partition coefficient (Wildman–Crippen LogP) is 4.24. The number of para-hydroxylation sites is 1. The van der Waals surface area contributed by atoms with Gasteiger partial charge >= 0.3 is 0 Å². The first-order valence-electron chi connectivity index (χ1n) is 8.77. The first kappa shape index (κ1) is 16.4. The monoisotopic (exact) mass is 288 g/mol. The van der Waals surface area contributed by atoms with E-state index in [-0.39, 0.29) is 0 Å². The molecule has 2 rings (SSSR count). The standard InChI is InChI=1S/C19H32N2/c1-4-12-20-17(3)9-7-8-13-21-15-16(2)14-18-10-5-6-11-19(18)21/h5-6,10-11,16-17,20H,4,7-9,12-15H2,1-3H3. The minimum atomic E-state index is 0.664. The number of hydrogen-bond donors (Lipinski definition) is 1. The highest BCUT2D eigenvalue weighted by Crippen LogP contribution is 2.29. The molecule has 0 aliphatic carbocycles. The van der Waals surface area contributed by atoms with Crippen molar-refractivity contribution in [3.8, 4) is 0 Å². The van der Waals surface area contributed by atoms with Gasteiger partial charge in [-0.2, -0.15) is 0 Å². The molecule has 0 fully saturated rings. The van der Waals surface area contributed by atoms with E-state index < -0.39 is 0 Å². The molecule has 1 aliphatic heterocycles. The van der Waals surface area contributed by atoms with E-state index in [1.54, 1.807) is 0 Å². The lowest BCUT2D eigenvalue weighted by Crippen LogP contribution is -2.35. The summed E-state index contributed by atoms with van der Waals surface area (Å²) >= 11 is 0. The number of nitrogens with zero attached hydrogens (tertiary/aromatic N) is 1. The van der Waals surface area contributed by atoms with Gasteiger partial charge in [0.05, 0.1) is 0 Å². The third-order valence-corrected chi connectivity index (χ3v) is 4.49. The molecule has 0 amide bonds. The van der Waals surface area contributed by atoms with Gasteiger partial charge in [0.15, 0.2) is 0 Å². The lowest BCUT2D eigenvalue weighted by molar-refractivity contribution is 0.478. The number of rotatable bonds is 8. The maximum absolute atomic E-state index is 3.58. The second-order valence-corrected chi connectivity index (χ2v) is 6.73. The molecule has 21 heavy (non-hydrogen) atoms. The number of fused-ring (bicyclic) bond motifs is 1. The Morgan fingerprint density at radius 3 is 2.90 bits per heavy atom. The van der Waals surface area contributed by atoms with Gasteiger partial charge in [0, 0.05) is 24.8 Å². The number of unbranched alkanes of at least 4 members (excludes halogenated alkanes) is 1. The number of anilines is 1. The van der Waals surface area contributed by atoms with Crippen molar-refractivity contribution in [2.75, 3.05) is 24.5 Å². The highest BCUT2D eigenvalue weighted by Gasteiger charge is 2.20. The Morgan fingerprint density at radius 1 is 1.29 bits per heavy atom. The average Bonchev–Trinajstić information content (AvgIpc) is 2.49. The lowest BCUT2D eigenvalue weighted by atomic mass is 9.93. The summed E-state index contributed by atoms with van der Waals surface area (Å²) in [4.78, 5) is 2.60. The van der Waals surface area contributed by atoms with Crippen molar-refractivity contribution in [2.24, 2.45) is 5.92 Å². The third-order valence-electron chi connectivity index (χ3n) is 4.49. The Balaban J connectivity index is 1.76. The number of benzene rings is 1. The fourth-order valence-electron chi connectivity index (χ4n) is 3.36. The Hall–Kier alpha value is -1.02. The predicted molar refractivity (Wildman–Crippen MR) is 93.1 cm³/mol. The fourth-order valence-corrected chi connectivity index (χ4v) is 3.36.